The van der Waals surface area contributed by atoms with E-state index < -0.39 is 6.10 Å². The van der Waals surface area contributed by atoms with Crippen LogP contribution >= 0.6 is 0 Å². The third kappa shape index (κ3) is 3.21. The number of hydrogen-bond donors (Lipinski definition) is 1. The molecule has 0 spiro atoms. The predicted molar refractivity (Wildman–Crippen MR) is 71.7 cm³/mol. The molecule has 2 unspecified atom stereocenters. The Kier molecular flexibility index (Phi) is 4.55. The Labute approximate surface area is 109 Å². The molecule has 0 amide bonds. The molecule has 1 N–H and O–H groups in total. The zero-order valence-corrected chi connectivity index (χ0v) is 11.2. The molecule has 2 heterocycles. The normalized spacial score (nSPS) is 21.6. The maximum absolute atomic E-state index is 9.77. The van der Waals surface area contributed by atoms with Crippen LogP contribution in [0.5, 0.6) is 0 Å². The minimum absolute atomic E-state index is 0.487. The summed E-state index contributed by atoms with van der Waals surface area (Å²) in [7, 11) is 2.03. The maximum Gasteiger partial charge on any atom is 0.134 e. The Morgan fingerprint density at radius 3 is 3.11 bits per heavy atom. The van der Waals surface area contributed by atoms with Crippen molar-refractivity contribution in [3.63, 3.8) is 0 Å². The van der Waals surface area contributed by atoms with Crippen LogP contribution in [-0.4, -0.2) is 36.9 Å². The predicted octanol–water partition coefficient (Wildman–Crippen LogP) is 2.00. The Hall–Kier alpha value is -1.13. The van der Waals surface area contributed by atoms with Crippen LogP contribution in [0.15, 0.2) is 18.3 Å². The summed E-state index contributed by atoms with van der Waals surface area (Å²) in [6, 6.07) is 3.80. The lowest BCUT2D eigenvalue weighted by molar-refractivity contribution is 0.0575. The number of aliphatic hydroxyl groups is 1. The Morgan fingerprint density at radius 2 is 2.44 bits per heavy atom. The van der Waals surface area contributed by atoms with E-state index in [1.165, 1.54) is 6.42 Å². The van der Waals surface area contributed by atoms with Gasteiger partial charge in [-0.25, -0.2) is 4.98 Å². The molecule has 0 aliphatic carbocycles. The molecule has 2 rings (SSSR count). The van der Waals surface area contributed by atoms with Crippen LogP contribution in [0.4, 0.5) is 5.82 Å². The van der Waals surface area contributed by atoms with Crippen molar-refractivity contribution in [3.05, 3.63) is 23.9 Å². The van der Waals surface area contributed by atoms with E-state index in [1.807, 2.05) is 19.2 Å². The number of pyridine rings is 1. The maximum atomic E-state index is 9.77. The van der Waals surface area contributed by atoms with E-state index in [-0.39, 0.29) is 0 Å². The van der Waals surface area contributed by atoms with Gasteiger partial charge in [-0.15, -0.1) is 0 Å². The average Bonchev–Trinajstić information content (AvgIpc) is 2.40. The summed E-state index contributed by atoms with van der Waals surface area (Å²) in [6.45, 7) is 4.43. The summed E-state index contributed by atoms with van der Waals surface area (Å²) >= 11 is 0. The van der Waals surface area contributed by atoms with Gasteiger partial charge in [0.25, 0.3) is 0 Å². The van der Waals surface area contributed by atoms with Gasteiger partial charge >= 0.3 is 0 Å². The van der Waals surface area contributed by atoms with E-state index >= 15 is 0 Å². The van der Waals surface area contributed by atoms with Crippen LogP contribution < -0.4 is 4.90 Å². The van der Waals surface area contributed by atoms with Crippen molar-refractivity contribution in [2.24, 2.45) is 5.92 Å². The summed E-state index contributed by atoms with van der Waals surface area (Å²) in [6.07, 6.45) is 3.64. The van der Waals surface area contributed by atoms with Crippen LogP contribution in [0.2, 0.25) is 0 Å². The molecule has 1 aliphatic rings. The molecule has 18 heavy (non-hydrogen) atoms. The molecule has 2 atom stereocenters. The molecule has 100 valence electrons. The minimum Gasteiger partial charge on any atom is -0.389 e. The fourth-order valence-electron chi connectivity index (χ4n) is 2.48. The zero-order chi connectivity index (χ0) is 13.0. The number of anilines is 1. The molecule has 4 heteroatoms. The van der Waals surface area contributed by atoms with Crippen LogP contribution in [0.3, 0.4) is 0 Å². The second kappa shape index (κ2) is 6.16. The largest absolute Gasteiger partial charge is 0.389 e. The highest BCUT2D eigenvalue weighted by Crippen LogP contribution is 2.24. The van der Waals surface area contributed by atoms with Gasteiger partial charge in [0.15, 0.2) is 0 Å². The van der Waals surface area contributed by atoms with Crippen LogP contribution in [0.25, 0.3) is 0 Å². The topological polar surface area (TPSA) is 45.6 Å². The molecule has 0 radical (unpaired) electrons. The molecule has 0 aromatic carbocycles. The van der Waals surface area contributed by atoms with Gasteiger partial charge in [-0.3, -0.25) is 0 Å². The van der Waals surface area contributed by atoms with E-state index in [0.717, 1.165) is 37.6 Å². The van der Waals surface area contributed by atoms with Gasteiger partial charge in [0.05, 0.1) is 12.7 Å². The van der Waals surface area contributed by atoms with Gasteiger partial charge in [-0.1, -0.05) is 6.07 Å². The average molecular weight is 250 g/mol. The molecule has 1 aromatic heterocycles. The first-order valence-electron chi connectivity index (χ1n) is 6.60. The van der Waals surface area contributed by atoms with Crippen molar-refractivity contribution in [2.45, 2.75) is 25.9 Å². The van der Waals surface area contributed by atoms with Crippen LogP contribution in [-0.2, 0) is 4.74 Å². The fraction of sp³-hybridized carbons (Fsp3) is 0.643. The van der Waals surface area contributed by atoms with Gasteiger partial charge in [0, 0.05) is 32.0 Å². The van der Waals surface area contributed by atoms with Crippen molar-refractivity contribution >= 4 is 5.82 Å². The molecule has 0 saturated carbocycles. The van der Waals surface area contributed by atoms with Crippen molar-refractivity contribution in [3.8, 4) is 0 Å². The van der Waals surface area contributed by atoms with Gasteiger partial charge in [0.2, 0.25) is 0 Å². The number of ether oxygens (including phenoxy) is 1. The van der Waals surface area contributed by atoms with E-state index in [0.29, 0.717) is 5.92 Å². The Morgan fingerprint density at radius 1 is 1.61 bits per heavy atom. The Balaban J connectivity index is 2.05. The standard InChI is InChI=1S/C14H22N2O2/c1-11(17)13-6-3-7-15-14(13)16(2)9-12-5-4-8-18-10-12/h3,6-7,11-12,17H,4-5,8-10H2,1-2H3. The van der Waals surface area contributed by atoms with Crippen LogP contribution in [0.1, 0.15) is 31.4 Å². The zero-order valence-electron chi connectivity index (χ0n) is 11.2. The molecule has 1 saturated heterocycles. The highest BCUT2D eigenvalue weighted by atomic mass is 16.5. The molecule has 1 aromatic rings. The highest BCUT2D eigenvalue weighted by molar-refractivity contribution is 5.47. The summed E-state index contributed by atoms with van der Waals surface area (Å²) in [5.74, 6) is 1.44. The third-order valence-corrected chi connectivity index (χ3v) is 3.42. The second-order valence-electron chi connectivity index (χ2n) is 5.06. The highest BCUT2D eigenvalue weighted by Gasteiger charge is 2.19. The van der Waals surface area contributed by atoms with Crippen molar-refractivity contribution in [1.82, 2.24) is 4.98 Å². The van der Waals surface area contributed by atoms with Crippen molar-refractivity contribution in [2.75, 3.05) is 31.7 Å². The van der Waals surface area contributed by atoms with Crippen molar-refractivity contribution in [1.29, 1.82) is 0 Å². The van der Waals surface area contributed by atoms with Gasteiger partial charge in [-0.2, -0.15) is 0 Å². The van der Waals surface area contributed by atoms with E-state index in [1.54, 1.807) is 13.1 Å². The summed E-state index contributed by atoms with van der Waals surface area (Å²) in [5, 5.41) is 9.77. The molecule has 0 bridgehead atoms. The Bertz CT molecular complexity index is 376. The number of rotatable bonds is 4. The monoisotopic (exact) mass is 250 g/mol. The van der Waals surface area contributed by atoms with Crippen molar-refractivity contribution < 1.29 is 9.84 Å². The molecular weight excluding hydrogens is 228 g/mol. The first-order valence-corrected chi connectivity index (χ1v) is 6.60. The fourth-order valence-corrected chi connectivity index (χ4v) is 2.48. The molecular formula is C14H22N2O2. The molecule has 1 aliphatic heterocycles. The lowest BCUT2D eigenvalue weighted by atomic mass is 10.0. The minimum atomic E-state index is -0.487. The quantitative estimate of drug-likeness (QED) is 0.887. The number of aliphatic hydroxyl groups excluding tert-OH is 1. The first kappa shape index (κ1) is 13.3. The summed E-state index contributed by atoms with van der Waals surface area (Å²) in [5.41, 5.74) is 0.886. The second-order valence-corrected chi connectivity index (χ2v) is 5.06. The molecule has 4 nitrogen and oxygen atoms in total. The van der Waals surface area contributed by atoms with E-state index in [2.05, 4.69) is 9.88 Å². The first-order chi connectivity index (χ1) is 8.68. The van der Waals surface area contributed by atoms with Gasteiger partial charge < -0.3 is 14.7 Å². The van der Waals surface area contributed by atoms with E-state index in [9.17, 15) is 5.11 Å². The number of aromatic nitrogens is 1. The van der Waals surface area contributed by atoms with Gasteiger partial charge in [-0.05, 0) is 31.7 Å². The number of hydrogen-bond acceptors (Lipinski definition) is 4. The third-order valence-electron chi connectivity index (χ3n) is 3.42. The van der Waals surface area contributed by atoms with Gasteiger partial charge in [0.1, 0.15) is 5.82 Å². The smallest absolute Gasteiger partial charge is 0.134 e. The lowest BCUT2D eigenvalue weighted by Gasteiger charge is -2.29. The van der Waals surface area contributed by atoms with Crippen LogP contribution in [0, 0.1) is 5.92 Å². The SMILES string of the molecule is CC(O)c1cccnc1N(C)CC1CCCOC1. The molecule has 1 fully saturated rings. The summed E-state index contributed by atoms with van der Waals surface area (Å²) in [4.78, 5) is 6.52. The van der Waals surface area contributed by atoms with E-state index in [4.69, 9.17) is 4.74 Å². The number of nitrogens with zero attached hydrogens (tertiary/aromatic N) is 2. The lowest BCUT2D eigenvalue weighted by Crippen LogP contribution is -2.32. The summed E-state index contributed by atoms with van der Waals surface area (Å²) < 4.78 is 5.50.